The Kier molecular flexibility index (Phi) is 5.64. The number of rotatable bonds is 5. The van der Waals surface area contributed by atoms with Gasteiger partial charge in [0.15, 0.2) is 0 Å². The van der Waals surface area contributed by atoms with Gasteiger partial charge in [-0.25, -0.2) is 0 Å². The lowest BCUT2D eigenvalue weighted by Crippen LogP contribution is -2.43. The molecular weight excluding hydrogens is 350 g/mol. The van der Waals surface area contributed by atoms with Crippen LogP contribution in [0.1, 0.15) is 33.1 Å². The molecule has 0 aromatic heterocycles. The topological polar surface area (TPSA) is 44.8 Å². The van der Waals surface area contributed by atoms with Crippen molar-refractivity contribution in [2.24, 2.45) is 0 Å². The minimum absolute atomic E-state index is 0.0112. The highest BCUT2D eigenvalue weighted by Crippen LogP contribution is 2.31. The summed E-state index contributed by atoms with van der Waals surface area (Å²) in [5, 5.41) is 3.17. The second-order valence-electron chi connectivity index (χ2n) is 7.80. The number of ether oxygens (including phenoxy) is 1. The van der Waals surface area contributed by atoms with Gasteiger partial charge in [-0.1, -0.05) is 29.8 Å². The molecule has 1 saturated heterocycles. The fourth-order valence-electron chi connectivity index (χ4n) is 4.22. The predicted molar refractivity (Wildman–Crippen MR) is 112 cm³/mol. The Morgan fingerprint density at radius 1 is 1.14 bits per heavy atom. The Balaban J connectivity index is 1.53. The number of anilines is 1. The Hall–Kier alpha value is -2.37. The van der Waals surface area contributed by atoms with Gasteiger partial charge in [0.2, 0.25) is 0 Å². The Morgan fingerprint density at radius 3 is 2.75 bits per heavy atom. The monoisotopic (exact) mass is 379 g/mol. The summed E-state index contributed by atoms with van der Waals surface area (Å²) in [5.74, 6) is -0.0112. The highest BCUT2D eigenvalue weighted by molar-refractivity contribution is 5.94. The molecule has 1 atom stereocenters. The van der Waals surface area contributed by atoms with Gasteiger partial charge in [-0.15, -0.1) is 0 Å². The van der Waals surface area contributed by atoms with E-state index in [1.165, 1.54) is 16.8 Å². The predicted octanol–water partition coefficient (Wildman–Crippen LogP) is 2.79. The number of aryl methyl sites for hydroxylation is 1. The van der Waals surface area contributed by atoms with Crippen LogP contribution in [0.2, 0.25) is 0 Å². The fourth-order valence-corrected chi connectivity index (χ4v) is 4.22. The molecule has 2 aliphatic heterocycles. The van der Waals surface area contributed by atoms with Crippen LogP contribution in [-0.4, -0.2) is 57.2 Å². The molecule has 1 amide bonds. The summed E-state index contributed by atoms with van der Waals surface area (Å²) < 4.78 is 5.55. The van der Waals surface area contributed by atoms with Crippen molar-refractivity contribution in [1.82, 2.24) is 10.2 Å². The van der Waals surface area contributed by atoms with E-state index in [1.807, 2.05) is 31.2 Å². The van der Waals surface area contributed by atoms with Gasteiger partial charge in [0, 0.05) is 44.5 Å². The van der Waals surface area contributed by atoms with Crippen molar-refractivity contribution < 1.29 is 9.53 Å². The molecule has 0 saturated carbocycles. The van der Waals surface area contributed by atoms with E-state index in [1.54, 1.807) is 0 Å². The van der Waals surface area contributed by atoms with Crippen LogP contribution in [0, 0.1) is 6.92 Å². The van der Waals surface area contributed by atoms with Crippen LogP contribution in [0.3, 0.4) is 0 Å². The number of benzene rings is 2. The summed E-state index contributed by atoms with van der Waals surface area (Å²) in [4.78, 5) is 17.4. The molecule has 0 radical (unpaired) electrons. The van der Waals surface area contributed by atoms with Crippen LogP contribution in [-0.2, 0) is 11.2 Å². The van der Waals surface area contributed by atoms with Gasteiger partial charge in [-0.05, 0) is 42.7 Å². The first-order valence-corrected chi connectivity index (χ1v) is 10.1. The van der Waals surface area contributed by atoms with Crippen LogP contribution in [0.15, 0.2) is 42.5 Å². The molecule has 2 heterocycles. The third-order valence-electron chi connectivity index (χ3n) is 5.84. The highest BCUT2D eigenvalue weighted by Gasteiger charge is 2.25. The first-order valence-electron chi connectivity index (χ1n) is 10.1. The van der Waals surface area contributed by atoms with E-state index in [0.717, 1.165) is 50.4 Å². The quantitative estimate of drug-likeness (QED) is 0.868. The molecular formula is C23H29N3O2. The summed E-state index contributed by atoms with van der Waals surface area (Å²) in [6.45, 7) is 6.96. The third-order valence-corrected chi connectivity index (χ3v) is 5.84. The molecule has 2 aromatic rings. The Labute approximate surface area is 167 Å². The van der Waals surface area contributed by atoms with Gasteiger partial charge in [-0.3, -0.25) is 9.69 Å². The zero-order valence-electron chi connectivity index (χ0n) is 16.8. The number of amides is 1. The van der Waals surface area contributed by atoms with Crippen molar-refractivity contribution in [2.75, 3.05) is 51.3 Å². The molecule has 2 aromatic carbocycles. The van der Waals surface area contributed by atoms with Crippen LogP contribution in [0.25, 0.3) is 0 Å². The number of nitrogens with zero attached hydrogens (tertiary/aromatic N) is 2. The standard InChI is InChI=1S/C23H29N3O2/c1-17-4-3-5-20(14-17)23(27)24-16-22(26-10-12-28-13-11-26)18-6-7-21-19(15-18)8-9-25(21)2/h3-7,14-15,22H,8-13,16H2,1-2H3,(H,24,27). The number of fused-ring (bicyclic) bond motifs is 1. The second kappa shape index (κ2) is 8.33. The van der Waals surface area contributed by atoms with Gasteiger partial charge in [0.25, 0.3) is 5.91 Å². The number of nitrogens with one attached hydrogen (secondary N) is 1. The van der Waals surface area contributed by atoms with E-state index in [9.17, 15) is 4.79 Å². The van der Waals surface area contributed by atoms with Crippen molar-refractivity contribution in [3.8, 4) is 0 Å². The van der Waals surface area contributed by atoms with Gasteiger partial charge < -0.3 is 15.0 Å². The molecule has 0 spiro atoms. The van der Waals surface area contributed by atoms with Crippen LogP contribution >= 0.6 is 0 Å². The molecule has 2 aliphatic rings. The van der Waals surface area contributed by atoms with E-state index in [0.29, 0.717) is 6.54 Å². The summed E-state index contributed by atoms with van der Waals surface area (Å²) in [5.41, 5.74) is 5.83. The van der Waals surface area contributed by atoms with Crippen molar-refractivity contribution in [2.45, 2.75) is 19.4 Å². The normalized spacial score (nSPS) is 18.0. The maximum Gasteiger partial charge on any atom is 0.251 e. The first-order chi connectivity index (χ1) is 13.6. The number of carbonyl (C=O) groups is 1. The Morgan fingerprint density at radius 2 is 1.96 bits per heavy atom. The van der Waals surface area contributed by atoms with Crippen LogP contribution in [0.5, 0.6) is 0 Å². The van der Waals surface area contributed by atoms with Gasteiger partial charge in [-0.2, -0.15) is 0 Å². The van der Waals surface area contributed by atoms with Gasteiger partial charge in [0.1, 0.15) is 0 Å². The average molecular weight is 380 g/mol. The largest absolute Gasteiger partial charge is 0.379 e. The summed E-state index contributed by atoms with van der Waals surface area (Å²) in [6.07, 6.45) is 1.09. The maximum absolute atomic E-state index is 12.7. The third kappa shape index (κ3) is 4.05. The van der Waals surface area contributed by atoms with E-state index in [2.05, 4.69) is 40.4 Å². The molecule has 5 nitrogen and oxygen atoms in total. The minimum atomic E-state index is -0.0112. The molecule has 28 heavy (non-hydrogen) atoms. The smallest absolute Gasteiger partial charge is 0.251 e. The molecule has 1 unspecified atom stereocenters. The van der Waals surface area contributed by atoms with Crippen molar-refractivity contribution in [3.63, 3.8) is 0 Å². The Bertz CT molecular complexity index is 845. The second-order valence-corrected chi connectivity index (χ2v) is 7.80. The van der Waals surface area contributed by atoms with E-state index in [4.69, 9.17) is 4.74 Å². The zero-order valence-corrected chi connectivity index (χ0v) is 16.8. The lowest BCUT2D eigenvalue weighted by molar-refractivity contribution is 0.0162. The first kappa shape index (κ1) is 19.0. The lowest BCUT2D eigenvalue weighted by Gasteiger charge is -2.35. The molecule has 1 fully saturated rings. The minimum Gasteiger partial charge on any atom is -0.379 e. The fraction of sp³-hybridized carbons (Fsp3) is 0.435. The average Bonchev–Trinajstić information content (AvgIpc) is 3.09. The molecule has 1 N–H and O–H groups in total. The van der Waals surface area contributed by atoms with Crippen molar-refractivity contribution >= 4 is 11.6 Å². The number of carbonyl (C=O) groups excluding carboxylic acids is 1. The SMILES string of the molecule is Cc1cccc(C(=O)NCC(c2ccc3c(c2)CCN3C)N2CCOCC2)c1. The molecule has 4 rings (SSSR count). The number of hydrogen-bond acceptors (Lipinski definition) is 4. The number of hydrogen-bond donors (Lipinski definition) is 1. The lowest BCUT2D eigenvalue weighted by atomic mass is 10.00. The van der Waals surface area contributed by atoms with E-state index < -0.39 is 0 Å². The molecule has 0 bridgehead atoms. The number of morpholine rings is 1. The molecule has 5 heteroatoms. The number of likely N-dealkylation sites (N-methyl/N-ethyl adjacent to an activating group) is 1. The highest BCUT2D eigenvalue weighted by atomic mass is 16.5. The van der Waals surface area contributed by atoms with E-state index >= 15 is 0 Å². The van der Waals surface area contributed by atoms with Crippen molar-refractivity contribution in [1.29, 1.82) is 0 Å². The summed E-state index contributed by atoms with van der Waals surface area (Å²) in [7, 11) is 2.15. The van der Waals surface area contributed by atoms with Crippen LogP contribution in [0.4, 0.5) is 5.69 Å². The maximum atomic E-state index is 12.7. The van der Waals surface area contributed by atoms with E-state index in [-0.39, 0.29) is 11.9 Å². The summed E-state index contributed by atoms with van der Waals surface area (Å²) in [6, 6.07) is 14.7. The van der Waals surface area contributed by atoms with Crippen molar-refractivity contribution in [3.05, 3.63) is 64.7 Å². The van der Waals surface area contributed by atoms with Gasteiger partial charge in [0.05, 0.1) is 19.3 Å². The summed E-state index contributed by atoms with van der Waals surface area (Å²) >= 11 is 0. The molecule has 148 valence electrons. The van der Waals surface area contributed by atoms with Gasteiger partial charge >= 0.3 is 0 Å². The molecule has 0 aliphatic carbocycles. The zero-order chi connectivity index (χ0) is 19.5. The van der Waals surface area contributed by atoms with Crippen LogP contribution < -0.4 is 10.2 Å².